The molecule has 0 saturated carbocycles. The lowest BCUT2D eigenvalue weighted by Gasteiger charge is -2.22. The van der Waals surface area contributed by atoms with Gasteiger partial charge in [-0.05, 0) is 77.5 Å². The van der Waals surface area contributed by atoms with Crippen LogP contribution in [0.4, 0.5) is 0 Å². The lowest BCUT2D eigenvalue weighted by molar-refractivity contribution is -0.146. The molecule has 7 aromatic carbocycles. The Morgan fingerprint density at radius 3 is 1.22 bits per heavy atom. The van der Waals surface area contributed by atoms with Crippen LogP contribution in [0.1, 0.15) is 122 Å². The lowest BCUT2D eigenvalue weighted by atomic mass is 9.91. The van der Waals surface area contributed by atoms with E-state index in [1.54, 1.807) is 109 Å². The number of rotatable bonds is 37. The number of aryl methyl sites for hydroxylation is 2. The Morgan fingerprint density at radius 1 is 0.485 bits per heavy atom. The van der Waals surface area contributed by atoms with Gasteiger partial charge in [0.25, 0.3) is 0 Å². The number of esters is 1. The van der Waals surface area contributed by atoms with Gasteiger partial charge in [-0.2, -0.15) is 0 Å². The van der Waals surface area contributed by atoms with Crippen molar-refractivity contribution >= 4 is 73.0 Å². The minimum atomic E-state index is -3.95. The molecule has 2 amide bonds. The van der Waals surface area contributed by atoms with E-state index >= 15 is 0 Å². The van der Waals surface area contributed by atoms with Crippen LogP contribution in [0.2, 0.25) is 0 Å². The van der Waals surface area contributed by atoms with Crippen molar-refractivity contribution in [2.24, 2.45) is 28.5 Å². The highest BCUT2D eigenvalue weighted by atomic mass is 32.2. The Labute approximate surface area is 567 Å². The number of sulfonamides is 2. The maximum atomic E-state index is 14.0. The minimum Gasteiger partial charge on any atom is -0.481 e. The molecule has 4 atom stereocenters. The Balaban J connectivity index is 0.000000351. The molecule has 0 radical (unpaired) electrons. The summed E-state index contributed by atoms with van der Waals surface area (Å²) in [5.41, 5.74) is 17.6. The number of carboxylic acid groups (broad SMARTS) is 1. The lowest BCUT2D eigenvalue weighted by Crippen LogP contribution is -2.43. The average molecular weight is 1360 g/mol. The van der Waals surface area contributed by atoms with Crippen LogP contribution in [0.25, 0.3) is 0 Å². The first kappa shape index (κ1) is 77.7. The van der Waals surface area contributed by atoms with Gasteiger partial charge < -0.3 is 36.8 Å². The number of amidine groups is 2. The summed E-state index contributed by atoms with van der Waals surface area (Å²) >= 11 is 0. The van der Waals surface area contributed by atoms with E-state index in [2.05, 4.69) is 30.1 Å². The third-order valence-corrected chi connectivity index (χ3v) is 17.7. The van der Waals surface area contributed by atoms with Crippen LogP contribution in [-0.4, -0.2) is 87.0 Å². The van der Waals surface area contributed by atoms with Crippen LogP contribution < -0.4 is 31.5 Å². The Hall–Kier alpha value is -10.0. The number of nitrogens with two attached hydrogens (primary N) is 2. The van der Waals surface area contributed by atoms with Crippen LogP contribution >= 0.6 is 0 Å². The van der Waals surface area contributed by atoms with Crippen LogP contribution in [0, 0.1) is 17.2 Å². The Morgan fingerprint density at radius 2 is 0.845 bits per heavy atom. The third-order valence-electron chi connectivity index (χ3n) is 15.0. The van der Waals surface area contributed by atoms with Gasteiger partial charge in [-0.25, -0.2) is 31.1 Å². The molecule has 0 aliphatic carbocycles. The summed E-state index contributed by atoms with van der Waals surface area (Å²) in [6, 6.07) is 56.3. The molecule has 0 aliphatic heterocycles. The van der Waals surface area contributed by atoms with Crippen molar-refractivity contribution < 1.29 is 65.1 Å². The maximum absolute atomic E-state index is 14.0. The number of ketones is 2. The van der Waals surface area contributed by atoms with Crippen molar-refractivity contribution in [3.63, 3.8) is 0 Å². The molecule has 0 spiro atoms. The van der Waals surface area contributed by atoms with Gasteiger partial charge in [0, 0.05) is 68.7 Å². The van der Waals surface area contributed by atoms with Crippen molar-refractivity contribution in [3.05, 3.63) is 250 Å². The fourth-order valence-electron chi connectivity index (χ4n) is 9.84. The smallest absolute Gasteiger partial charge is 0.332 e. The second-order valence-corrected chi connectivity index (χ2v) is 26.0. The number of ether oxygens (including phenoxy) is 1. The third kappa shape index (κ3) is 30.1. The summed E-state index contributed by atoms with van der Waals surface area (Å²) in [6.07, 6.45) is -0.00747. The van der Waals surface area contributed by atoms with Crippen LogP contribution in [0.3, 0.4) is 0 Å². The molecule has 0 aromatic heterocycles. The van der Waals surface area contributed by atoms with Gasteiger partial charge in [-0.1, -0.05) is 219 Å². The van der Waals surface area contributed by atoms with Gasteiger partial charge in [0.1, 0.15) is 12.4 Å². The molecule has 0 aliphatic rings. The number of carbonyl (C=O) groups is 7. The molecule has 514 valence electrons. The van der Waals surface area contributed by atoms with Crippen LogP contribution in [0.5, 0.6) is 0 Å². The van der Waals surface area contributed by atoms with Gasteiger partial charge in [-0.15, -0.1) is 0 Å². The number of carboxylic acids is 1. The van der Waals surface area contributed by atoms with Crippen molar-refractivity contribution in [2.75, 3.05) is 0 Å². The number of hydrogen-bond donors (Lipinski definition) is 8. The minimum absolute atomic E-state index is 0.00451. The van der Waals surface area contributed by atoms with Crippen LogP contribution in [0.15, 0.2) is 205 Å². The number of Topliss-reactive ketones (excluding diaryl/α,β-unsaturated/α-hetero) is 2. The first-order chi connectivity index (χ1) is 46.5. The normalized spacial score (nSPS) is 12.5. The maximum Gasteiger partial charge on any atom is 0.332 e. The predicted molar refractivity (Wildman–Crippen MR) is 372 cm³/mol. The molecule has 0 bridgehead atoms. The molecule has 24 heteroatoms. The van der Waals surface area contributed by atoms with E-state index < -0.39 is 85.3 Å². The van der Waals surface area contributed by atoms with E-state index in [1.807, 2.05) is 105 Å². The summed E-state index contributed by atoms with van der Waals surface area (Å²) in [6.45, 7) is 5.47. The van der Waals surface area contributed by atoms with Gasteiger partial charge in [0.15, 0.2) is 17.4 Å². The molecule has 10 N–H and O–H groups in total. The van der Waals surface area contributed by atoms with Gasteiger partial charge in [0.05, 0.1) is 23.6 Å². The number of nitrogens with one attached hydrogen (secondary N) is 5. The molecule has 0 fully saturated rings. The summed E-state index contributed by atoms with van der Waals surface area (Å²) in [4.78, 5) is 93.9. The van der Waals surface area contributed by atoms with E-state index in [-0.39, 0.29) is 94.2 Å². The molecule has 0 unspecified atom stereocenters. The van der Waals surface area contributed by atoms with E-state index in [9.17, 15) is 55.5 Å². The van der Waals surface area contributed by atoms with Crippen molar-refractivity contribution in [3.8, 4) is 0 Å². The van der Waals surface area contributed by atoms with Gasteiger partial charge in [-0.3, -0.25) is 34.2 Å². The number of hydrogen-bond acceptors (Lipinski definition) is 15. The molecule has 0 saturated heterocycles. The summed E-state index contributed by atoms with van der Waals surface area (Å²) in [5, 5.41) is 25.9. The van der Waals surface area contributed by atoms with E-state index in [4.69, 9.17) is 21.6 Å². The average Bonchev–Trinajstić information content (AvgIpc) is 1.50. The topological polar surface area (TPSA) is 363 Å². The fraction of sp³-hybridized carbons (Fsp3) is 0.301. The first-order valence-corrected chi connectivity index (χ1v) is 35.0. The van der Waals surface area contributed by atoms with Gasteiger partial charge in [0.2, 0.25) is 31.9 Å². The zero-order valence-electron chi connectivity index (χ0n) is 54.6. The highest BCUT2D eigenvalue weighted by Crippen LogP contribution is 2.21. The SMILES string of the molecule is CC.CC(=O)O/N=C(\N)c1ccc(CNC(=O)[C@H](CCC(=O)OCc2ccccc2)CC(=O)[C@@H](CCc2ccccc2)NS(=O)(=O)Cc2ccccc2)cc1.N=C(N)c1ccc(CNC(=O)[C@H](CCC(=O)O)CC(=O)[C@@H](CCc2ccccc2)NS(=O)(=O)Cc2ccccc2)cc1. The largest absolute Gasteiger partial charge is 0.481 e. The quantitative estimate of drug-likeness (QED) is 0.00592. The number of oxime groups is 1. The second kappa shape index (κ2) is 41.1. The second-order valence-electron chi connectivity index (χ2n) is 22.5. The summed E-state index contributed by atoms with van der Waals surface area (Å²) in [7, 11) is -7.86. The zero-order chi connectivity index (χ0) is 70.6. The highest BCUT2D eigenvalue weighted by Gasteiger charge is 2.32. The number of aliphatic carboxylic acids is 1. The standard InChI is InChI=1S/C40H44N4O8S.C31H36N4O6S.C2H6/c1-29(45)52-43-39(41)34-20-17-31(18-21-34)26-42-40(48)35(22-24-38(47)51-27-32-13-7-3-8-14-32)25-37(46)36(23-19-30-11-5-2-6-12-30)44-53(49,50)28-33-15-9-4-10-16-33;32-30(33)25-14-11-23(12-15-25)20-34-31(39)26(16-18-29(37)38)19-28(36)27(17-13-22-7-3-1-4-8-22)35-42(40,41)21-24-9-5-2-6-10-24;1-2/h2-18,20-21,35-36,44H,19,22-28H2,1H3,(H2,41,43)(H,42,48);1-12,14-15,26-27,35H,13,16-21H2,(H3,32,33)(H,34,39)(H,37,38);1-2H3/t35-,36-;26-,27-;/m11./s1. The number of nitrogen functional groups attached to an aromatic ring is 1. The van der Waals surface area contributed by atoms with E-state index in [0.717, 1.165) is 22.3 Å². The molecule has 22 nitrogen and oxygen atoms in total. The summed E-state index contributed by atoms with van der Waals surface area (Å²) in [5.74, 6) is -6.85. The Kier molecular flexibility index (Phi) is 32.9. The number of benzene rings is 7. The van der Waals surface area contributed by atoms with Crippen molar-refractivity contribution in [2.45, 2.75) is 128 Å². The van der Waals surface area contributed by atoms with Crippen molar-refractivity contribution in [1.82, 2.24) is 20.1 Å². The Bertz CT molecular complexity index is 3910. The molecule has 97 heavy (non-hydrogen) atoms. The number of carbonyl (C=O) groups excluding carboxylic acids is 6. The van der Waals surface area contributed by atoms with Gasteiger partial charge >= 0.3 is 17.9 Å². The van der Waals surface area contributed by atoms with Crippen molar-refractivity contribution in [1.29, 1.82) is 5.41 Å². The molecule has 7 aromatic rings. The number of amides is 2. The number of nitrogens with zero attached hydrogens (tertiary/aromatic N) is 1. The predicted octanol–water partition coefficient (Wildman–Crippen LogP) is 8.88. The zero-order valence-corrected chi connectivity index (χ0v) is 56.3. The molecule has 0 heterocycles. The molecule has 7 rings (SSSR count). The van der Waals surface area contributed by atoms with E-state index in [1.165, 1.54) is 6.92 Å². The fourth-order valence-corrected chi connectivity index (χ4v) is 12.6. The molecular formula is C73H86N8O14S2. The van der Waals surface area contributed by atoms with Crippen LogP contribution in [-0.2, 0) is 107 Å². The monoisotopic (exact) mass is 1360 g/mol. The van der Waals surface area contributed by atoms with E-state index in [0.29, 0.717) is 40.7 Å². The molecular weight excluding hydrogens is 1280 g/mol. The highest BCUT2D eigenvalue weighted by molar-refractivity contribution is 7.89. The first-order valence-electron chi connectivity index (χ1n) is 31.7. The summed E-state index contributed by atoms with van der Waals surface area (Å²) < 4.78 is 63.2.